The number of aromatic nitrogens is 3. The number of rotatable bonds is 7. The number of quaternary nitrogens is 1. The minimum absolute atomic E-state index is 0.183. The van der Waals surface area contributed by atoms with Crippen molar-refractivity contribution in [2.75, 3.05) is 0 Å². The van der Waals surface area contributed by atoms with Crippen LogP contribution in [0.5, 0.6) is 0 Å². The first kappa shape index (κ1) is 17.3. The maximum atomic E-state index is 13.2. The molecular weight excluding hydrogens is 379 g/mol. The molecule has 5 rings (SSSR count). The second kappa shape index (κ2) is 6.96. The molecule has 0 spiro atoms. The molecule has 1 N–H and O–H groups in total. The number of benzene rings is 1. The van der Waals surface area contributed by atoms with Gasteiger partial charge in [-0.1, -0.05) is 18.2 Å². The largest absolute Gasteiger partial charge is 0.310 e. The number of nitrogens with zero attached hydrogens (tertiary/aromatic N) is 3. The van der Waals surface area contributed by atoms with Crippen LogP contribution in [0.15, 0.2) is 41.8 Å². The lowest BCUT2D eigenvalue weighted by Gasteiger charge is -2.19. The van der Waals surface area contributed by atoms with Crippen LogP contribution in [0, 0.1) is 10.6 Å². The smallest absolute Gasteiger partial charge is 0.203 e. The number of halogens is 1. The third kappa shape index (κ3) is 3.63. The molecule has 0 radical (unpaired) electrons. The van der Waals surface area contributed by atoms with Crippen LogP contribution in [0.1, 0.15) is 37.3 Å². The van der Waals surface area contributed by atoms with E-state index in [-0.39, 0.29) is 5.82 Å². The van der Waals surface area contributed by atoms with Gasteiger partial charge in [0.15, 0.2) is 12.5 Å². The molecule has 7 heteroatoms. The third-order valence-corrected chi connectivity index (χ3v) is 6.65. The fraction of sp³-hybridized carbons (Fsp3) is 0.400. The van der Waals surface area contributed by atoms with Crippen molar-refractivity contribution < 1.29 is 9.29 Å². The van der Waals surface area contributed by atoms with Crippen molar-refractivity contribution in [3.8, 4) is 10.7 Å². The van der Waals surface area contributed by atoms with Crippen molar-refractivity contribution >= 4 is 23.6 Å². The van der Waals surface area contributed by atoms with Gasteiger partial charge in [-0.25, -0.2) is 4.39 Å². The summed E-state index contributed by atoms with van der Waals surface area (Å²) in [6, 6.07) is 12.2. The molecule has 2 aliphatic carbocycles. The number of nitrogens with one attached hydrogen (secondary N) is 1. The summed E-state index contributed by atoms with van der Waals surface area (Å²) < 4.78 is 18.3. The molecule has 0 bridgehead atoms. The molecule has 1 atom stereocenters. The van der Waals surface area contributed by atoms with Gasteiger partial charge < -0.3 is 4.90 Å². The maximum Gasteiger partial charge on any atom is 0.203 e. The van der Waals surface area contributed by atoms with Gasteiger partial charge >= 0.3 is 0 Å². The molecule has 2 fully saturated rings. The quantitative estimate of drug-likeness (QED) is 0.610. The molecule has 1 unspecified atom stereocenters. The lowest BCUT2D eigenvalue weighted by molar-refractivity contribution is -0.947. The van der Waals surface area contributed by atoms with E-state index in [1.807, 2.05) is 16.8 Å². The highest BCUT2D eigenvalue weighted by Crippen LogP contribution is 2.39. The zero-order chi connectivity index (χ0) is 18.4. The van der Waals surface area contributed by atoms with Crippen molar-refractivity contribution in [1.82, 2.24) is 14.3 Å². The number of hydrogen-bond donors (Lipinski definition) is 1. The normalized spacial score (nSPS) is 18.0. The zero-order valence-corrected chi connectivity index (χ0v) is 16.6. The molecule has 3 aromatic rings. The molecule has 140 valence electrons. The highest BCUT2D eigenvalue weighted by molar-refractivity contribution is 7.71. The summed E-state index contributed by atoms with van der Waals surface area (Å²) in [6.45, 7) is 1.64. The van der Waals surface area contributed by atoms with Crippen LogP contribution in [0.4, 0.5) is 4.39 Å². The Morgan fingerprint density at radius 1 is 1.15 bits per heavy atom. The summed E-state index contributed by atoms with van der Waals surface area (Å²) >= 11 is 7.53. The molecule has 2 aliphatic rings. The van der Waals surface area contributed by atoms with E-state index in [1.54, 1.807) is 23.5 Å². The Morgan fingerprint density at radius 2 is 1.93 bits per heavy atom. The summed E-state index contributed by atoms with van der Waals surface area (Å²) in [7, 11) is 0. The van der Waals surface area contributed by atoms with Crippen molar-refractivity contribution in [2.45, 2.75) is 51.0 Å². The average molecular weight is 402 g/mol. The van der Waals surface area contributed by atoms with E-state index in [4.69, 9.17) is 17.3 Å². The topological polar surface area (TPSA) is 27.2 Å². The predicted octanol–water partition coefficient (Wildman–Crippen LogP) is 3.82. The van der Waals surface area contributed by atoms with Gasteiger partial charge in [0, 0.05) is 24.4 Å². The predicted molar refractivity (Wildman–Crippen MR) is 107 cm³/mol. The van der Waals surface area contributed by atoms with Gasteiger partial charge in [0.1, 0.15) is 12.4 Å². The van der Waals surface area contributed by atoms with Gasteiger partial charge in [0.05, 0.1) is 10.9 Å². The summed E-state index contributed by atoms with van der Waals surface area (Å²) in [5, 5.41) is 7.01. The van der Waals surface area contributed by atoms with E-state index in [2.05, 4.69) is 22.1 Å². The van der Waals surface area contributed by atoms with Crippen LogP contribution in [0.2, 0.25) is 0 Å². The lowest BCUT2D eigenvalue weighted by atomic mass is 10.2. The number of thiophene rings is 1. The third-order valence-electron chi connectivity index (χ3n) is 5.38. The maximum absolute atomic E-state index is 13.2. The molecule has 0 aliphatic heterocycles. The minimum Gasteiger partial charge on any atom is -0.310 e. The van der Waals surface area contributed by atoms with E-state index < -0.39 is 0 Å². The highest BCUT2D eigenvalue weighted by atomic mass is 32.1. The second-order valence-electron chi connectivity index (χ2n) is 7.58. The molecule has 0 amide bonds. The van der Waals surface area contributed by atoms with Crippen molar-refractivity contribution in [2.24, 2.45) is 0 Å². The van der Waals surface area contributed by atoms with E-state index in [0.29, 0.717) is 12.1 Å². The highest BCUT2D eigenvalue weighted by Gasteiger charge is 2.35. The number of hydrogen-bond acceptors (Lipinski definition) is 3. The van der Waals surface area contributed by atoms with E-state index in [0.717, 1.165) is 29.4 Å². The average Bonchev–Trinajstić information content (AvgIpc) is 3.60. The van der Waals surface area contributed by atoms with E-state index in [1.165, 1.54) is 35.5 Å². The molecule has 27 heavy (non-hydrogen) atoms. The fourth-order valence-electron chi connectivity index (χ4n) is 3.64. The van der Waals surface area contributed by atoms with Gasteiger partial charge in [0.2, 0.25) is 4.77 Å². The fourth-order valence-corrected chi connectivity index (χ4v) is 4.68. The van der Waals surface area contributed by atoms with E-state index in [9.17, 15) is 4.39 Å². The lowest BCUT2D eigenvalue weighted by Crippen LogP contribution is -3.11. The van der Waals surface area contributed by atoms with Crippen molar-refractivity contribution in [3.63, 3.8) is 0 Å². The molecule has 4 nitrogen and oxygen atoms in total. The minimum atomic E-state index is -0.183. The Balaban J connectivity index is 1.44. The molecule has 0 saturated heterocycles. The molecule has 2 heterocycles. The van der Waals surface area contributed by atoms with Gasteiger partial charge in [0.25, 0.3) is 0 Å². The Morgan fingerprint density at radius 3 is 2.56 bits per heavy atom. The van der Waals surface area contributed by atoms with Gasteiger partial charge in [-0.05, 0) is 48.6 Å². The molecule has 2 aromatic heterocycles. The molecular formula is C20H22FN4S2+. The Hall–Kier alpha value is -1.83. The van der Waals surface area contributed by atoms with Crippen LogP contribution in [0.25, 0.3) is 10.7 Å². The van der Waals surface area contributed by atoms with Gasteiger partial charge in [-0.2, -0.15) is 4.68 Å². The van der Waals surface area contributed by atoms with Crippen LogP contribution < -0.4 is 4.90 Å². The van der Waals surface area contributed by atoms with Gasteiger partial charge in [-0.15, -0.1) is 16.4 Å². The van der Waals surface area contributed by atoms with E-state index >= 15 is 0 Å². The SMILES string of the molecule is Fc1ccc(C[NH+](Cn2nc(-c3cccs3)n(C3CC3)c2=S)C2CC2)cc1. The molecule has 1 aromatic carbocycles. The van der Waals surface area contributed by atoms with Crippen molar-refractivity contribution in [1.29, 1.82) is 0 Å². The first-order valence-corrected chi connectivity index (χ1v) is 10.8. The monoisotopic (exact) mass is 401 g/mol. The summed E-state index contributed by atoms with van der Waals surface area (Å²) in [6.07, 6.45) is 4.86. The Kier molecular flexibility index (Phi) is 4.46. The van der Waals surface area contributed by atoms with Crippen molar-refractivity contribution in [3.05, 3.63) is 57.9 Å². The first-order chi connectivity index (χ1) is 13.2. The van der Waals surface area contributed by atoms with Crippen LogP contribution in [-0.4, -0.2) is 20.4 Å². The standard InChI is InChI=1S/C20H21FN4S2/c21-15-5-3-14(4-6-15)12-23(16-7-8-16)13-24-20(26)25(17-9-10-17)19(22-24)18-2-1-11-27-18/h1-6,11,16-17H,7-10,12-13H2/p+1. The summed E-state index contributed by atoms with van der Waals surface area (Å²) in [4.78, 5) is 2.63. The zero-order valence-electron chi connectivity index (χ0n) is 15.0. The summed E-state index contributed by atoms with van der Waals surface area (Å²) in [5.74, 6) is 0.826. The van der Waals surface area contributed by atoms with Gasteiger partial charge in [-0.3, -0.25) is 4.57 Å². The Labute approximate surface area is 166 Å². The first-order valence-electron chi connectivity index (χ1n) is 9.51. The Bertz CT molecular complexity index is 982. The molecule has 2 saturated carbocycles. The van der Waals surface area contributed by atoms with Crippen LogP contribution >= 0.6 is 23.6 Å². The van der Waals surface area contributed by atoms with Crippen LogP contribution in [-0.2, 0) is 13.2 Å². The summed E-state index contributed by atoms with van der Waals surface area (Å²) in [5.41, 5.74) is 1.16. The second-order valence-corrected chi connectivity index (χ2v) is 8.89. The van der Waals surface area contributed by atoms with Crippen LogP contribution in [0.3, 0.4) is 0 Å².